The predicted octanol–water partition coefficient (Wildman–Crippen LogP) is 7.05. The largest absolute Gasteiger partial charge is 0.507 e. The molecule has 1 saturated heterocycles. The first-order valence-electron chi connectivity index (χ1n) is 13.4. The minimum absolute atomic E-state index is 0.00364. The van der Waals surface area contributed by atoms with Crippen LogP contribution in [0.4, 0.5) is 5.13 Å². The number of hydrogen-bond donors (Lipinski definition) is 1. The van der Waals surface area contributed by atoms with Crippen molar-refractivity contribution < 1.29 is 24.2 Å². The summed E-state index contributed by atoms with van der Waals surface area (Å²) in [6, 6.07) is 19.1. The molecule has 3 aromatic carbocycles. The molecule has 1 N–H and O–H groups in total. The molecule has 0 aliphatic carbocycles. The quantitative estimate of drug-likeness (QED) is 0.135. The lowest BCUT2D eigenvalue weighted by molar-refractivity contribution is -0.132. The van der Waals surface area contributed by atoms with Crippen LogP contribution in [0.25, 0.3) is 16.0 Å². The van der Waals surface area contributed by atoms with E-state index in [1.165, 1.54) is 16.2 Å². The Morgan fingerprint density at radius 3 is 2.52 bits per heavy atom. The molecule has 2 heterocycles. The third-order valence-corrected chi connectivity index (χ3v) is 7.78. The molecule has 8 heteroatoms. The number of Topliss-reactive ketones (excluding diaryl/α,β-unsaturated/α-hetero) is 1. The summed E-state index contributed by atoms with van der Waals surface area (Å²) in [5, 5.41) is 11.9. The number of rotatable bonds is 9. The Balaban J connectivity index is 1.63. The van der Waals surface area contributed by atoms with Gasteiger partial charge < -0.3 is 14.6 Å². The van der Waals surface area contributed by atoms with Gasteiger partial charge in [-0.25, -0.2) is 4.98 Å². The van der Waals surface area contributed by atoms with Crippen molar-refractivity contribution in [3.05, 3.63) is 89.0 Å². The van der Waals surface area contributed by atoms with Crippen LogP contribution in [0.1, 0.15) is 49.9 Å². The van der Waals surface area contributed by atoms with Crippen LogP contribution in [0.15, 0.2) is 72.3 Å². The van der Waals surface area contributed by atoms with Crippen LogP contribution in [-0.2, 0) is 9.59 Å². The van der Waals surface area contributed by atoms with E-state index in [1.54, 1.807) is 24.3 Å². The first-order valence-corrected chi connectivity index (χ1v) is 14.2. The van der Waals surface area contributed by atoms with E-state index in [0.29, 0.717) is 46.9 Å². The summed E-state index contributed by atoms with van der Waals surface area (Å²) in [7, 11) is 0. The number of aromatic nitrogens is 1. The Morgan fingerprint density at radius 1 is 1.02 bits per heavy atom. The van der Waals surface area contributed by atoms with Gasteiger partial charge in [-0.3, -0.25) is 14.5 Å². The summed E-state index contributed by atoms with van der Waals surface area (Å²) in [6.07, 6.45) is 0.894. The molecule has 1 aliphatic heterocycles. The maximum atomic E-state index is 13.6. The van der Waals surface area contributed by atoms with Crippen molar-refractivity contribution >= 4 is 44.1 Å². The van der Waals surface area contributed by atoms with Crippen molar-refractivity contribution in [1.29, 1.82) is 0 Å². The lowest BCUT2D eigenvalue weighted by Crippen LogP contribution is -2.29. The molecule has 5 rings (SSSR count). The zero-order chi connectivity index (χ0) is 28.4. The minimum Gasteiger partial charge on any atom is -0.507 e. The number of nitrogens with zero attached hydrogens (tertiary/aromatic N) is 2. The number of carbonyl (C=O) groups excluding carboxylic acids is 2. The Morgan fingerprint density at radius 2 is 1.80 bits per heavy atom. The molecular formula is C32H32N2O5S. The molecule has 206 valence electrons. The molecule has 1 aromatic heterocycles. The molecule has 40 heavy (non-hydrogen) atoms. The molecule has 1 amide bonds. The van der Waals surface area contributed by atoms with Crippen LogP contribution in [0, 0.1) is 12.8 Å². The number of fused-ring (bicyclic) bond motifs is 1. The SMILES string of the molecule is CCOc1ccc(/C(O)=C2\C(=O)C(=O)N(c3nc4ccc(C)cc4s3)C2c2cccc(OCCC(C)C)c2)cc1. The molecule has 1 fully saturated rings. The maximum absolute atomic E-state index is 13.6. The van der Waals surface area contributed by atoms with Gasteiger partial charge in [0.15, 0.2) is 5.13 Å². The number of ether oxygens (including phenoxy) is 2. The van der Waals surface area contributed by atoms with E-state index in [2.05, 4.69) is 13.8 Å². The van der Waals surface area contributed by atoms with Crippen molar-refractivity contribution in [2.24, 2.45) is 5.92 Å². The summed E-state index contributed by atoms with van der Waals surface area (Å²) in [5.74, 6) is 0.0122. The summed E-state index contributed by atoms with van der Waals surface area (Å²) in [6.45, 7) is 9.20. The van der Waals surface area contributed by atoms with Gasteiger partial charge in [-0.1, -0.05) is 43.4 Å². The van der Waals surface area contributed by atoms with Gasteiger partial charge in [0.05, 0.1) is 35.0 Å². The van der Waals surface area contributed by atoms with Gasteiger partial charge >= 0.3 is 5.91 Å². The highest BCUT2D eigenvalue weighted by molar-refractivity contribution is 7.22. The second-order valence-corrected chi connectivity index (χ2v) is 11.2. The normalized spacial score (nSPS) is 16.7. The van der Waals surface area contributed by atoms with Crippen molar-refractivity contribution in [2.45, 2.75) is 40.2 Å². The molecule has 1 atom stereocenters. The fourth-order valence-corrected chi connectivity index (χ4v) is 5.78. The standard InChI is InChI=1S/C32H32N2O5S/c1-5-38-23-12-10-21(11-13-23)29(35)27-28(22-7-6-8-24(18-22)39-16-15-19(2)3)34(31(37)30(27)36)32-33-25-14-9-20(4)17-26(25)40-32/h6-14,17-19,28,35H,5,15-16H2,1-4H3/b29-27+. The van der Waals surface area contributed by atoms with Gasteiger partial charge in [0, 0.05) is 5.56 Å². The maximum Gasteiger partial charge on any atom is 0.301 e. The number of thiazole rings is 1. The van der Waals surface area contributed by atoms with Crippen molar-refractivity contribution in [1.82, 2.24) is 4.98 Å². The highest BCUT2D eigenvalue weighted by Crippen LogP contribution is 2.45. The first-order chi connectivity index (χ1) is 19.3. The van der Waals surface area contributed by atoms with Crippen molar-refractivity contribution in [3.8, 4) is 11.5 Å². The van der Waals surface area contributed by atoms with Gasteiger partial charge in [-0.15, -0.1) is 0 Å². The molecule has 0 bridgehead atoms. The van der Waals surface area contributed by atoms with Crippen LogP contribution in [0.3, 0.4) is 0 Å². The van der Waals surface area contributed by atoms with Crippen LogP contribution < -0.4 is 14.4 Å². The predicted molar refractivity (Wildman–Crippen MR) is 158 cm³/mol. The summed E-state index contributed by atoms with van der Waals surface area (Å²) < 4.78 is 12.4. The highest BCUT2D eigenvalue weighted by Gasteiger charge is 2.48. The van der Waals surface area contributed by atoms with Crippen molar-refractivity contribution in [3.63, 3.8) is 0 Å². The molecule has 1 aliphatic rings. The minimum atomic E-state index is -0.887. The topological polar surface area (TPSA) is 89.0 Å². The third kappa shape index (κ3) is 5.45. The second-order valence-electron chi connectivity index (χ2n) is 10.2. The summed E-state index contributed by atoms with van der Waals surface area (Å²) >= 11 is 1.34. The van der Waals surface area contributed by atoms with Gasteiger partial charge in [0.1, 0.15) is 17.3 Å². The van der Waals surface area contributed by atoms with Gasteiger partial charge in [-0.2, -0.15) is 0 Å². The van der Waals surface area contributed by atoms with E-state index < -0.39 is 17.7 Å². The Hall–Kier alpha value is -4.17. The molecule has 0 saturated carbocycles. The van der Waals surface area contributed by atoms with Gasteiger partial charge in [0.25, 0.3) is 5.78 Å². The van der Waals surface area contributed by atoms with Gasteiger partial charge in [-0.05, 0) is 85.8 Å². The first kappa shape index (κ1) is 27.4. The van der Waals surface area contributed by atoms with Crippen LogP contribution in [0.2, 0.25) is 0 Å². The third-order valence-electron chi connectivity index (χ3n) is 6.76. The van der Waals surface area contributed by atoms with E-state index in [9.17, 15) is 14.7 Å². The number of anilines is 1. The smallest absolute Gasteiger partial charge is 0.301 e. The molecular weight excluding hydrogens is 524 g/mol. The lowest BCUT2D eigenvalue weighted by atomic mass is 9.95. The number of aliphatic hydroxyl groups excluding tert-OH is 1. The number of aryl methyl sites for hydroxylation is 1. The fraction of sp³-hybridized carbons (Fsp3) is 0.281. The highest BCUT2D eigenvalue weighted by atomic mass is 32.1. The summed E-state index contributed by atoms with van der Waals surface area (Å²) in [4.78, 5) is 33.3. The molecule has 0 spiro atoms. The van der Waals surface area contributed by atoms with E-state index in [-0.39, 0.29) is 11.3 Å². The average molecular weight is 557 g/mol. The summed E-state index contributed by atoms with van der Waals surface area (Å²) in [5.41, 5.74) is 2.87. The molecule has 4 aromatic rings. The number of benzene rings is 3. The van der Waals surface area contributed by atoms with Crippen LogP contribution >= 0.6 is 11.3 Å². The zero-order valence-electron chi connectivity index (χ0n) is 23.0. The number of hydrogen-bond acceptors (Lipinski definition) is 7. The number of aliphatic hydroxyl groups is 1. The molecule has 0 radical (unpaired) electrons. The number of ketones is 1. The number of carbonyl (C=O) groups is 2. The molecule has 7 nitrogen and oxygen atoms in total. The fourth-order valence-electron chi connectivity index (χ4n) is 4.69. The van der Waals surface area contributed by atoms with E-state index >= 15 is 0 Å². The molecule has 1 unspecified atom stereocenters. The van der Waals surface area contributed by atoms with E-state index in [4.69, 9.17) is 14.5 Å². The van der Waals surface area contributed by atoms with Crippen LogP contribution in [0.5, 0.6) is 11.5 Å². The lowest BCUT2D eigenvalue weighted by Gasteiger charge is -2.23. The Bertz CT molecular complexity index is 1590. The zero-order valence-corrected chi connectivity index (χ0v) is 23.8. The van der Waals surface area contributed by atoms with Gasteiger partial charge in [0.2, 0.25) is 0 Å². The van der Waals surface area contributed by atoms with Crippen LogP contribution in [-0.4, -0.2) is 35.0 Å². The average Bonchev–Trinajstić information content (AvgIpc) is 3.46. The van der Waals surface area contributed by atoms with Crippen molar-refractivity contribution in [2.75, 3.05) is 18.1 Å². The van der Waals surface area contributed by atoms with E-state index in [0.717, 1.165) is 22.2 Å². The Kier molecular flexibility index (Phi) is 7.89. The second kappa shape index (κ2) is 11.5. The Labute approximate surface area is 237 Å². The number of amides is 1. The monoisotopic (exact) mass is 556 g/mol. The van der Waals surface area contributed by atoms with E-state index in [1.807, 2.05) is 56.3 Å².